The molecule has 3 nitrogen and oxygen atoms in total. The predicted molar refractivity (Wildman–Crippen MR) is 84.2 cm³/mol. The van der Waals surface area contributed by atoms with Crippen molar-refractivity contribution in [2.45, 2.75) is 39.3 Å². The van der Waals surface area contributed by atoms with Gasteiger partial charge in [0, 0.05) is 24.7 Å². The zero-order valence-corrected chi connectivity index (χ0v) is 12.9. The van der Waals surface area contributed by atoms with Crippen LogP contribution in [0.3, 0.4) is 0 Å². The molecule has 0 amide bonds. The van der Waals surface area contributed by atoms with Crippen LogP contribution in [0, 0.1) is 5.82 Å². The average molecular weight is 298 g/mol. The van der Waals surface area contributed by atoms with Gasteiger partial charge in [-0.3, -0.25) is 4.90 Å². The molecule has 112 valence electrons. The first kappa shape index (κ1) is 17.0. The highest BCUT2D eigenvalue weighted by atomic mass is 32.1. The first-order valence-corrected chi connectivity index (χ1v) is 7.36. The van der Waals surface area contributed by atoms with Gasteiger partial charge >= 0.3 is 0 Å². The van der Waals surface area contributed by atoms with E-state index in [0.717, 1.165) is 18.4 Å². The number of aliphatic hydroxyl groups excluding tert-OH is 1. The van der Waals surface area contributed by atoms with E-state index in [1.807, 2.05) is 6.07 Å². The van der Waals surface area contributed by atoms with Crippen LogP contribution in [0.4, 0.5) is 4.39 Å². The lowest BCUT2D eigenvalue weighted by atomic mass is 10.1. The number of aliphatic hydroxyl groups is 1. The summed E-state index contributed by atoms with van der Waals surface area (Å²) in [6, 6.07) is 5.03. The molecular formula is C15H23FN2OS. The number of hydrogen-bond donors (Lipinski definition) is 2. The van der Waals surface area contributed by atoms with Crippen LogP contribution in [-0.4, -0.2) is 34.2 Å². The molecule has 0 aromatic heterocycles. The summed E-state index contributed by atoms with van der Waals surface area (Å²) in [5.74, 6) is -0.334. The van der Waals surface area contributed by atoms with Crippen LogP contribution < -0.4 is 5.73 Å². The SMILES string of the molecule is CCC(CC)N(CCO)Cc1cc(F)cc(C(N)=S)c1. The third kappa shape index (κ3) is 4.81. The summed E-state index contributed by atoms with van der Waals surface area (Å²) in [5, 5.41) is 9.20. The van der Waals surface area contributed by atoms with E-state index in [-0.39, 0.29) is 17.4 Å². The Balaban J connectivity index is 2.95. The summed E-state index contributed by atoms with van der Waals surface area (Å²) in [6.45, 7) is 5.48. The Bertz CT molecular complexity index is 449. The molecule has 1 aromatic carbocycles. The van der Waals surface area contributed by atoms with Gasteiger partial charge in [-0.2, -0.15) is 0 Å². The minimum absolute atomic E-state index is 0.0912. The molecule has 0 aliphatic carbocycles. The lowest BCUT2D eigenvalue weighted by Gasteiger charge is -2.30. The van der Waals surface area contributed by atoms with Crippen LogP contribution in [0.1, 0.15) is 37.8 Å². The van der Waals surface area contributed by atoms with E-state index < -0.39 is 0 Å². The quantitative estimate of drug-likeness (QED) is 0.724. The minimum atomic E-state index is -0.334. The summed E-state index contributed by atoms with van der Waals surface area (Å²) < 4.78 is 13.6. The number of hydrogen-bond acceptors (Lipinski definition) is 3. The van der Waals surface area contributed by atoms with Gasteiger partial charge in [0.25, 0.3) is 0 Å². The molecule has 1 rings (SSSR count). The van der Waals surface area contributed by atoms with Gasteiger partial charge in [-0.1, -0.05) is 26.1 Å². The lowest BCUT2D eigenvalue weighted by molar-refractivity contribution is 0.136. The van der Waals surface area contributed by atoms with Crippen molar-refractivity contribution >= 4 is 17.2 Å². The average Bonchev–Trinajstić information content (AvgIpc) is 2.39. The molecule has 0 heterocycles. The molecule has 3 N–H and O–H groups in total. The summed E-state index contributed by atoms with van der Waals surface area (Å²) >= 11 is 4.90. The van der Waals surface area contributed by atoms with E-state index in [1.165, 1.54) is 12.1 Å². The number of nitrogens with two attached hydrogens (primary N) is 1. The van der Waals surface area contributed by atoms with E-state index in [2.05, 4.69) is 18.7 Å². The summed E-state index contributed by atoms with van der Waals surface area (Å²) in [7, 11) is 0. The Hall–Kier alpha value is -1.04. The molecule has 0 fully saturated rings. The molecule has 1 aromatic rings. The van der Waals surface area contributed by atoms with Crippen LogP contribution >= 0.6 is 12.2 Å². The Labute approximate surface area is 125 Å². The highest BCUT2D eigenvalue weighted by Gasteiger charge is 2.15. The third-order valence-electron chi connectivity index (χ3n) is 3.47. The lowest BCUT2D eigenvalue weighted by Crippen LogP contribution is -2.36. The molecule has 0 aliphatic rings. The van der Waals surface area contributed by atoms with E-state index in [9.17, 15) is 9.50 Å². The van der Waals surface area contributed by atoms with Crippen molar-refractivity contribution in [3.8, 4) is 0 Å². The topological polar surface area (TPSA) is 49.5 Å². The fraction of sp³-hybridized carbons (Fsp3) is 0.533. The van der Waals surface area contributed by atoms with Crippen LogP contribution in [-0.2, 0) is 6.54 Å². The maximum atomic E-state index is 13.6. The summed E-state index contributed by atoms with van der Waals surface area (Å²) in [5.41, 5.74) is 6.94. The summed E-state index contributed by atoms with van der Waals surface area (Å²) in [4.78, 5) is 2.36. The minimum Gasteiger partial charge on any atom is -0.395 e. The van der Waals surface area contributed by atoms with E-state index in [1.54, 1.807) is 0 Å². The highest BCUT2D eigenvalue weighted by molar-refractivity contribution is 7.80. The molecule has 0 bridgehead atoms. The highest BCUT2D eigenvalue weighted by Crippen LogP contribution is 2.16. The van der Waals surface area contributed by atoms with E-state index >= 15 is 0 Å². The molecule has 0 radical (unpaired) electrons. The van der Waals surface area contributed by atoms with Crippen molar-refractivity contribution in [1.82, 2.24) is 4.90 Å². The molecule has 0 spiro atoms. The van der Waals surface area contributed by atoms with Gasteiger partial charge in [-0.05, 0) is 36.6 Å². The van der Waals surface area contributed by atoms with Crippen molar-refractivity contribution < 1.29 is 9.50 Å². The fourth-order valence-electron chi connectivity index (χ4n) is 2.44. The Kier molecular flexibility index (Phi) is 7.05. The van der Waals surface area contributed by atoms with Crippen LogP contribution in [0.2, 0.25) is 0 Å². The molecule has 0 atom stereocenters. The number of halogens is 1. The zero-order valence-electron chi connectivity index (χ0n) is 12.1. The number of nitrogens with zero attached hydrogens (tertiary/aromatic N) is 1. The fourth-order valence-corrected chi connectivity index (χ4v) is 2.56. The molecule has 0 saturated carbocycles. The maximum Gasteiger partial charge on any atom is 0.124 e. The summed E-state index contributed by atoms with van der Waals surface area (Å²) in [6.07, 6.45) is 1.99. The number of benzene rings is 1. The zero-order chi connectivity index (χ0) is 15.1. The second kappa shape index (κ2) is 8.29. The van der Waals surface area contributed by atoms with Crippen LogP contribution in [0.25, 0.3) is 0 Å². The Morgan fingerprint density at radius 1 is 1.35 bits per heavy atom. The normalized spacial score (nSPS) is 11.3. The molecule has 0 saturated heterocycles. The van der Waals surface area contributed by atoms with E-state index in [0.29, 0.717) is 24.7 Å². The molecular weight excluding hydrogens is 275 g/mol. The van der Waals surface area contributed by atoms with Gasteiger partial charge in [0.15, 0.2) is 0 Å². The van der Waals surface area contributed by atoms with Gasteiger partial charge in [0.2, 0.25) is 0 Å². The third-order valence-corrected chi connectivity index (χ3v) is 3.71. The molecule has 20 heavy (non-hydrogen) atoms. The van der Waals surface area contributed by atoms with Crippen LogP contribution in [0.15, 0.2) is 18.2 Å². The van der Waals surface area contributed by atoms with Crippen molar-refractivity contribution in [2.75, 3.05) is 13.2 Å². The Morgan fingerprint density at radius 3 is 2.50 bits per heavy atom. The molecule has 5 heteroatoms. The van der Waals surface area contributed by atoms with Crippen molar-refractivity contribution in [2.24, 2.45) is 5.73 Å². The smallest absolute Gasteiger partial charge is 0.124 e. The van der Waals surface area contributed by atoms with Gasteiger partial charge in [-0.25, -0.2) is 4.39 Å². The number of rotatable bonds is 8. The van der Waals surface area contributed by atoms with Crippen molar-refractivity contribution in [3.05, 3.63) is 35.1 Å². The molecule has 0 unspecified atom stereocenters. The van der Waals surface area contributed by atoms with Gasteiger partial charge in [0.1, 0.15) is 10.8 Å². The second-order valence-corrected chi connectivity index (χ2v) is 5.32. The first-order valence-electron chi connectivity index (χ1n) is 6.95. The van der Waals surface area contributed by atoms with Crippen molar-refractivity contribution in [1.29, 1.82) is 0 Å². The van der Waals surface area contributed by atoms with Gasteiger partial charge < -0.3 is 10.8 Å². The standard InChI is InChI=1S/C15H23FN2OS/c1-3-14(4-2)18(5-6-19)10-11-7-12(15(17)20)9-13(16)8-11/h7-9,14,19H,3-6,10H2,1-2H3,(H2,17,20). The Morgan fingerprint density at radius 2 is 2.00 bits per heavy atom. The maximum absolute atomic E-state index is 13.6. The van der Waals surface area contributed by atoms with Gasteiger partial charge in [-0.15, -0.1) is 0 Å². The van der Waals surface area contributed by atoms with Crippen molar-refractivity contribution in [3.63, 3.8) is 0 Å². The van der Waals surface area contributed by atoms with E-state index in [4.69, 9.17) is 18.0 Å². The first-order chi connectivity index (χ1) is 9.51. The number of thiocarbonyl (C=S) groups is 1. The van der Waals surface area contributed by atoms with Crippen LogP contribution in [0.5, 0.6) is 0 Å². The second-order valence-electron chi connectivity index (χ2n) is 4.88. The largest absolute Gasteiger partial charge is 0.395 e. The predicted octanol–water partition coefficient (Wildman–Crippen LogP) is 2.44. The monoisotopic (exact) mass is 298 g/mol. The van der Waals surface area contributed by atoms with Gasteiger partial charge in [0.05, 0.1) is 6.61 Å². The molecule has 0 aliphatic heterocycles.